The Labute approximate surface area is 183 Å². The van der Waals surface area contributed by atoms with E-state index >= 15 is 0 Å². The second-order valence-corrected chi connectivity index (χ2v) is 9.83. The first-order valence-corrected chi connectivity index (χ1v) is 12.1. The van der Waals surface area contributed by atoms with Crippen molar-refractivity contribution in [2.75, 3.05) is 46.1 Å². The highest BCUT2D eigenvalue weighted by molar-refractivity contribution is 5.21. The first-order valence-electron chi connectivity index (χ1n) is 12.1. The van der Waals surface area contributed by atoms with Crippen LogP contribution in [0.15, 0.2) is 23.8 Å². The molecule has 3 aliphatic rings. The Hall–Kier alpha value is -0.720. The fourth-order valence-corrected chi connectivity index (χ4v) is 5.27. The van der Waals surface area contributed by atoms with Crippen LogP contribution < -0.4 is 0 Å². The zero-order chi connectivity index (χ0) is 21.4. The van der Waals surface area contributed by atoms with Crippen molar-refractivity contribution in [1.82, 2.24) is 4.90 Å². The summed E-state index contributed by atoms with van der Waals surface area (Å²) in [5.74, 6) is 1.16. The maximum absolute atomic E-state index is 10.5. The minimum Gasteiger partial charge on any atom is -0.392 e. The molecule has 3 rings (SSSR count). The molecule has 0 bridgehead atoms. The molecule has 0 aromatic carbocycles. The van der Waals surface area contributed by atoms with Crippen molar-refractivity contribution >= 4 is 0 Å². The number of aliphatic hydroxyl groups is 2. The molecule has 1 aliphatic heterocycles. The third kappa shape index (κ3) is 7.16. The van der Waals surface area contributed by atoms with Crippen molar-refractivity contribution in [2.45, 2.75) is 70.5 Å². The monoisotopic (exact) mass is 421 g/mol. The van der Waals surface area contributed by atoms with E-state index < -0.39 is 5.60 Å². The Balaban J connectivity index is 1.36. The second kappa shape index (κ2) is 11.8. The lowest BCUT2D eigenvalue weighted by molar-refractivity contribution is 0.0327. The lowest BCUT2D eigenvalue weighted by Gasteiger charge is -2.26. The molecule has 172 valence electrons. The predicted molar refractivity (Wildman–Crippen MR) is 120 cm³/mol. The molecule has 1 heterocycles. The Morgan fingerprint density at radius 2 is 2.10 bits per heavy atom. The van der Waals surface area contributed by atoms with E-state index in [0.717, 1.165) is 84.6 Å². The topological polar surface area (TPSA) is 62.2 Å². The normalized spacial score (nSPS) is 31.8. The summed E-state index contributed by atoms with van der Waals surface area (Å²) < 4.78 is 11.3. The Morgan fingerprint density at radius 1 is 1.30 bits per heavy atom. The maximum Gasteiger partial charge on any atom is 0.0676 e. The summed E-state index contributed by atoms with van der Waals surface area (Å²) in [7, 11) is 0. The first kappa shape index (κ1) is 23.9. The van der Waals surface area contributed by atoms with E-state index in [0.29, 0.717) is 18.3 Å². The molecule has 0 aromatic rings. The molecule has 2 N–H and O–H groups in total. The minimum absolute atomic E-state index is 0.201. The molecule has 2 fully saturated rings. The van der Waals surface area contributed by atoms with Gasteiger partial charge in [-0.25, -0.2) is 0 Å². The number of allylic oxidation sites excluding steroid dienone is 1. The SMILES string of the molecule is CCCC[C@](C)(O)C/C=C/[C@@H]1[C@H]2CC(COCCCN3CCOCC3)=C[C@H]2C[C@H]1O. The van der Waals surface area contributed by atoms with Crippen molar-refractivity contribution in [3.8, 4) is 0 Å². The molecule has 30 heavy (non-hydrogen) atoms. The minimum atomic E-state index is -0.635. The average molecular weight is 422 g/mol. The molecule has 0 spiro atoms. The van der Waals surface area contributed by atoms with Gasteiger partial charge in [-0.1, -0.05) is 38.0 Å². The summed E-state index contributed by atoms with van der Waals surface area (Å²) in [4.78, 5) is 2.45. The van der Waals surface area contributed by atoms with E-state index in [4.69, 9.17) is 9.47 Å². The largest absolute Gasteiger partial charge is 0.392 e. The highest BCUT2D eigenvalue weighted by Crippen LogP contribution is 2.47. The van der Waals surface area contributed by atoms with Gasteiger partial charge in [0.2, 0.25) is 0 Å². The molecular weight excluding hydrogens is 378 g/mol. The van der Waals surface area contributed by atoms with Crippen LogP contribution in [-0.2, 0) is 9.47 Å². The van der Waals surface area contributed by atoms with E-state index in [-0.39, 0.29) is 12.0 Å². The van der Waals surface area contributed by atoms with Crippen molar-refractivity contribution in [1.29, 1.82) is 0 Å². The Bertz CT molecular complexity index is 567. The fraction of sp³-hybridized carbons (Fsp3) is 0.840. The number of nitrogens with zero attached hydrogens (tertiary/aromatic N) is 1. The van der Waals surface area contributed by atoms with Gasteiger partial charge in [-0.3, -0.25) is 4.90 Å². The maximum atomic E-state index is 10.5. The Morgan fingerprint density at radius 3 is 2.87 bits per heavy atom. The van der Waals surface area contributed by atoms with E-state index in [9.17, 15) is 10.2 Å². The van der Waals surface area contributed by atoms with Crippen molar-refractivity contribution in [3.63, 3.8) is 0 Å². The molecule has 2 aliphatic carbocycles. The van der Waals surface area contributed by atoms with Crippen molar-refractivity contribution in [3.05, 3.63) is 23.8 Å². The van der Waals surface area contributed by atoms with Crippen LogP contribution in [0.5, 0.6) is 0 Å². The molecule has 5 atom stereocenters. The van der Waals surface area contributed by atoms with Crippen molar-refractivity contribution < 1.29 is 19.7 Å². The molecule has 5 heteroatoms. The van der Waals surface area contributed by atoms with Gasteiger partial charge in [-0.2, -0.15) is 0 Å². The zero-order valence-corrected chi connectivity index (χ0v) is 19.1. The predicted octanol–water partition coefficient (Wildman–Crippen LogP) is 3.56. The van der Waals surface area contributed by atoms with Crippen LogP contribution >= 0.6 is 0 Å². The number of aliphatic hydroxyl groups excluding tert-OH is 1. The molecule has 0 aromatic heterocycles. The van der Waals surface area contributed by atoms with E-state index in [1.54, 1.807) is 0 Å². The first-order chi connectivity index (χ1) is 14.5. The van der Waals surface area contributed by atoms with Crippen LogP contribution in [0.4, 0.5) is 0 Å². The quantitative estimate of drug-likeness (QED) is 0.373. The van der Waals surface area contributed by atoms with Gasteiger partial charge in [-0.15, -0.1) is 0 Å². The van der Waals surface area contributed by atoms with Crippen molar-refractivity contribution in [2.24, 2.45) is 17.8 Å². The van der Waals surface area contributed by atoms with Crippen LogP contribution in [0.1, 0.15) is 58.8 Å². The van der Waals surface area contributed by atoms with Gasteiger partial charge in [-0.05, 0) is 56.4 Å². The van der Waals surface area contributed by atoms with Crippen LogP contribution in [0, 0.1) is 17.8 Å². The molecule has 1 saturated heterocycles. The fourth-order valence-electron chi connectivity index (χ4n) is 5.27. The average Bonchev–Trinajstić information content (AvgIpc) is 3.24. The highest BCUT2D eigenvalue weighted by atomic mass is 16.5. The van der Waals surface area contributed by atoms with Gasteiger partial charge in [0.05, 0.1) is 31.5 Å². The molecule has 0 radical (unpaired) electrons. The van der Waals surface area contributed by atoms with Crippen LogP contribution in [0.3, 0.4) is 0 Å². The third-order valence-electron chi connectivity index (χ3n) is 7.09. The lowest BCUT2D eigenvalue weighted by Crippen LogP contribution is -2.37. The van der Waals surface area contributed by atoms with Gasteiger partial charge in [0.25, 0.3) is 0 Å². The number of morpholine rings is 1. The van der Waals surface area contributed by atoms with E-state index in [2.05, 4.69) is 30.1 Å². The lowest BCUT2D eigenvalue weighted by atomic mass is 9.88. The summed E-state index contributed by atoms with van der Waals surface area (Å²) in [5.41, 5.74) is 0.764. The number of hydrogen-bond acceptors (Lipinski definition) is 5. The van der Waals surface area contributed by atoms with E-state index in [1.807, 2.05) is 6.92 Å². The van der Waals surface area contributed by atoms with Gasteiger partial charge in [0.1, 0.15) is 0 Å². The van der Waals surface area contributed by atoms with Crippen LogP contribution in [-0.4, -0.2) is 72.9 Å². The molecule has 5 nitrogen and oxygen atoms in total. The molecule has 0 unspecified atom stereocenters. The van der Waals surface area contributed by atoms with Crippen LogP contribution in [0.25, 0.3) is 0 Å². The summed E-state index contributed by atoms with van der Waals surface area (Å²) in [6.07, 6.45) is 13.0. The van der Waals surface area contributed by atoms with Crippen LogP contribution in [0.2, 0.25) is 0 Å². The van der Waals surface area contributed by atoms with Gasteiger partial charge in [0, 0.05) is 32.2 Å². The number of unbranched alkanes of at least 4 members (excludes halogenated alkanes) is 1. The summed E-state index contributed by atoms with van der Waals surface area (Å²) in [6, 6.07) is 0. The summed E-state index contributed by atoms with van der Waals surface area (Å²) in [6.45, 7) is 10.5. The summed E-state index contributed by atoms with van der Waals surface area (Å²) in [5, 5.41) is 21.0. The van der Waals surface area contributed by atoms with Gasteiger partial charge < -0.3 is 19.7 Å². The standard InChI is InChI=1S/C25H43NO4/c1-3-4-8-25(2,28)9-5-7-22-23-17-20(16-21(23)18-24(22)27)19-30-13-6-10-26-11-14-29-15-12-26/h5,7,16,21-24,27-28H,3-4,6,8-15,17-19H2,1-2H3/b7-5+/t21-,22+,23-,24+,25-/m0/s1. The number of fused-ring (bicyclic) bond motifs is 1. The van der Waals surface area contributed by atoms with E-state index in [1.165, 1.54) is 5.57 Å². The molecule has 0 amide bonds. The number of hydrogen-bond donors (Lipinski definition) is 2. The summed E-state index contributed by atoms with van der Waals surface area (Å²) >= 11 is 0. The Kier molecular flexibility index (Phi) is 9.39. The smallest absolute Gasteiger partial charge is 0.0676 e. The second-order valence-electron chi connectivity index (χ2n) is 9.83. The molecule has 1 saturated carbocycles. The van der Waals surface area contributed by atoms with Gasteiger partial charge >= 0.3 is 0 Å². The zero-order valence-electron chi connectivity index (χ0n) is 19.1. The number of ether oxygens (including phenoxy) is 2. The third-order valence-corrected chi connectivity index (χ3v) is 7.09. The molecular formula is C25H43NO4. The van der Waals surface area contributed by atoms with Gasteiger partial charge in [0.15, 0.2) is 0 Å². The highest BCUT2D eigenvalue weighted by Gasteiger charge is 2.43. The number of rotatable bonds is 12.